The van der Waals surface area contributed by atoms with E-state index in [1.54, 1.807) is 67.7 Å². The van der Waals surface area contributed by atoms with Crippen molar-refractivity contribution in [1.82, 2.24) is 20.0 Å². The van der Waals surface area contributed by atoms with Crippen molar-refractivity contribution in [3.63, 3.8) is 0 Å². The molecule has 2 saturated heterocycles. The number of aliphatic hydroxyl groups excluding tert-OH is 4. The van der Waals surface area contributed by atoms with Gasteiger partial charge in [0.15, 0.2) is 0 Å². The molecule has 2 aliphatic heterocycles. The van der Waals surface area contributed by atoms with Crippen molar-refractivity contribution >= 4 is 140 Å². The lowest BCUT2D eigenvalue weighted by atomic mass is 10.0. The number of likely N-dealkylation sites (N-methyl/N-ethyl adjacent to an activating group) is 4. The molecular formula is C56H70Cl9IN6O5. The van der Waals surface area contributed by atoms with Crippen molar-refractivity contribution < 1.29 is 25.2 Å². The molecule has 11 nitrogen and oxygen atoms in total. The summed E-state index contributed by atoms with van der Waals surface area (Å²) in [5.41, 5.74) is 11.2. The standard InChI is InChI=1S/C17H17Cl3N2.C11H15Cl2NO.C11H16ClNO2.C8H7ClO.C6H5Cl2N.C3H9NO.HI/c1-21-8-9-22(16-7-6-14(19)10-15(16)20)17(11-21)12-2-4-13(18)5-3-12;1-14(7-6-12)8-11(15)9-2-4-10(13)5-3-9;1-13(6-7-14)8-11(15)9-2-4-10(12)5-3-9;9-7-3-1-6(2-4-7)8-5-10-8;7-4-1-2-6(9)5(8)3-4;1-4-2-3-5;/h2-7,10,17H,8-9,11H2,1H3;2-5,11,15H,6-8H2,1H3;2-5,11,14-15H,6-8H2,1H3;1-4,8H,5H2;1-3H,9H2;4-5H,2-3H2,1H3;1H. The summed E-state index contributed by atoms with van der Waals surface area (Å²) in [4.78, 5) is 8.55. The number of hydrogen-bond donors (Lipinski definition) is 6. The first-order valence-electron chi connectivity index (χ1n) is 24.2. The van der Waals surface area contributed by atoms with Gasteiger partial charge in [0.05, 0.1) is 59.5 Å². The molecule has 21 heteroatoms. The molecule has 7 N–H and O–H groups in total. The van der Waals surface area contributed by atoms with Crippen LogP contribution in [0.2, 0.25) is 40.2 Å². The van der Waals surface area contributed by atoms with E-state index < -0.39 is 12.2 Å². The number of rotatable bonds is 15. The number of aliphatic hydroxyl groups is 4. The Kier molecular flexibility index (Phi) is 36.3. The van der Waals surface area contributed by atoms with Crippen LogP contribution in [-0.2, 0) is 4.74 Å². The van der Waals surface area contributed by atoms with Crippen LogP contribution in [0.3, 0.4) is 0 Å². The lowest BCUT2D eigenvalue weighted by Gasteiger charge is -2.42. The molecule has 4 unspecified atom stereocenters. The van der Waals surface area contributed by atoms with E-state index >= 15 is 0 Å². The topological polar surface area (TPSA) is 144 Å². The first-order valence-corrected chi connectivity index (χ1v) is 27.7. The van der Waals surface area contributed by atoms with Crippen molar-refractivity contribution in [3.05, 3.63) is 196 Å². The van der Waals surface area contributed by atoms with Crippen molar-refractivity contribution in [2.24, 2.45) is 0 Å². The van der Waals surface area contributed by atoms with Crippen molar-refractivity contribution in [2.45, 2.75) is 24.4 Å². The average Bonchev–Trinajstić information content (AvgIpc) is 4.24. The number of nitrogen functional groups attached to an aromatic ring is 1. The number of alkyl halides is 1. The second kappa shape index (κ2) is 39.4. The lowest BCUT2D eigenvalue weighted by molar-refractivity contribution is 0.115. The fraction of sp³-hybridized carbons (Fsp3) is 0.357. The van der Waals surface area contributed by atoms with Crippen LogP contribution in [-0.4, -0.2) is 141 Å². The molecule has 424 valence electrons. The molecule has 0 aliphatic carbocycles. The highest BCUT2D eigenvalue weighted by molar-refractivity contribution is 14.0. The first kappa shape index (κ1) is 71.0. The van der Waals surface area contributed by atoms with Gasteiger partial charge in [0.2, 0.25) is 0 Å². The van der Waals surface area contributed by atoms with Crippen LogP contribution in [0, 0.1) is 0 Å². The Balaban J connectivity index is 0.000000331. The van der Waals surface area contributed by atoms with E-state index in [1.807, 2.05) is 84.6 Å². The largest absolute Gasteiger partial charge is 0.398 e. The van der Waals surface area contributed by atoms with Gasteiger partial charge in [-0.15, -0.1) is 35.6 Å². The Labute approximate surface area is 517 Å². The molecule has 77 heavy (non-hydrogen) atoms. The number of halogens is 10. The number of piperazine rings is 1. The van der Waals surface area contributed by atoms with Crippen LogP contribution in [0.1, 0.15) is 46.6 Å². The molecule has 2 heterocycles. The number of epoxide rings is 1. The van der Waals surface area contributed by atoms with E-state index in [0.29, 0.717) is 74.0 Å². The summed E-state index contributed by atoms with van der Waals surface area (Å²) < 4.78 is 5.09. The van der Waals surface area contributed by atoms with Gasteiger partial charge >= 0.3 is 0 Å². The van der Waals surface area contributed by atoms with Crippen LogP contribution >= 0.6 is 128 Å². The van der Waals surface area contributed by atoms with Gasteiger partial charge in [0.25, 0.3) is 0 Å². The zero-order chi connectivity index (χ0) is 56.2. The summed E-state index contributed by atoms with van der Waals surface area (Å²) in [7, 11) is 7.73. The number of nitrogens with zero attached hydrogens (tertiary/aromatic N) is 4. The van der Waals surface area contributed by atoms with Crippen LogP contribution in [0.5, 0.6) is 0 Å². The van der Waals surface area contributed by atoms with E-state index in [2.05, 4.69) is 34.3 Å². The third-order valence-corrected chi connectivity index (χ3v) is 13.7. The number of benzene rings is 6. The van der Waals surface area contributed by atoms with Crippen LogP contribution < -0.4 is 16.0 Å². The fourth-order valence-electron chi connectivity index (χ4n) is 7.09. The molecule has 0 bridgehead atoms. The number of hydrogen-bond acceptors (Lipinski definition) is 11. The zero-order valence-electron chi connectivity index (χ0n) is 43.4. The molecule has 4 atom stereocenters. The maximum Gasteiger partial charge on any atom is 0.106 e. The average molecular weight is 1350 g/mol. The molecular weight excluding hydrogens is 1280 g/mol. The Morgan fingerprint density at radius 1 is 0.610 bits per heavy atom. The highest BCUT2D eigenvalue weighted by atomic mass is 127. The summed E-state index contributed by atoms with van der Waals surface area (Å²) >= 11 is 52.4. The normalized spacial score (nSPS) is 15.3. The summed E-state index contributed by atoms with van der Waals surface area (Å²) in [5.74, 6) is 0.573. The SMILES string of the molecule is CN(CCCl)CC(O)c1ccc(Cl)cc1.CN(CCO)CC(O)c1ccc(Cl)cc1.CN1CCN(c2ccc(Cl)cc2Cl)C(c2ccc(Cl)cc2)C1.CNCCO.Clc1ccc(C2CO2)cc1.I.Nc1ccc(Cl)cc1Cl. The molecule has 0 amide bonds. The number of ether oxygens (including phenoxy) is 1. The van der Waals surface area contributed by atoms with Gasteiger partial charge in [-0.1, -0.05) is 141 Å². The maximum absolute atomic E-state index is 9.88. The van der Waals surface area contributed by atoms with Gasteiger partial charge < -0.3 is 55.8 Å². The maximum atomic E-state index is 9.88. The summed E-state index contributed by atoms with van der Waals surface area (Å²) in [6.45, 7) is 7.17. The summed E-state index contributed by atoms with van der Waals surface area (Å²) in [6.07, 6.45) is -0.688. The molecule has 0 saturated carbocycles. The van der Waals surface area contributed by atoms with Crippen molar-refractivity contribution in [3.8, 4) is 0 Å². The third-order valence-electron chi connectivity index (χ3n) is 11.4. The Bertz CT molecular complexity index is 2460. The van der Waals surface area contributed by atoms with Gasteiger partial charge in [-0.25, -0.2) is 0 Å². The van der Waals surface area contributed by atoms with Crippen molar-refractivity contribution in [2.75, 3.05) is 117 Å². The molecule has 6 aromatic rings. The summed E-state index contributed by atoms with van der Waals surface area (Å²) in [5, 5.41) is 44.5. The van der Waals surface area contributed by atoms with Crippen LogP contribution in [0.25, 0.3) is 0 Å². The Hall–Kier alpha value is -2.10. The third kappa shape index (κ3) is 28.4. The van der Waals surface area contributed by atoms with Gasteiger partial charge in [0, 0.05) is 88.4 Å². The zero-order valence-corrected chi connectivity index (χ0v) is 52.5. The number of nitrogens with one attached hydrogen (secondary N) is 1. The van der Waals surface area contributed by atoms with E-state index in [1.165, 1.54) is 11.1 Å². The van der Waals surface area contributed by atoms with E-state index in [0.717, 1.165) is 59.6 Å². The van der Waals surface area contributed by atoms with E-state index in [-0.39, 0.29) is 43.2 Å². The second-order valence-corrected chi connectivity index (χ2v) is 21.4. The molecule has 6 aromatic carbocycles. The monoisotopic (exact) mass is 1350 g/mol. The minimum atomic E-state index is -0.543. The predicted molar refractivity (Wildman–Crippen MR) is 339 cm³/mol. The molecule has 2 fully saturated rings. The fourth-order valence-corrected chi connectivity index (χ4v) is 8.81. The quantitative estimate of drug-likeness (QED) is 0.0253. The number of anilines is 2. The molecule has 8 rings (SSSR count). The second-order valence-electron chi connectivity index (χ2n) is 17.6. The van der Waals surface area contributed by atoms with Gasteiger partial charge in [-0.3, -0.25) is 0 Å². The lowest BCUT2D eigenvalue weighted by Crippen LogP contribution is -2.47. The highest BCUT2D eigenvalue weighted by Gasteiger charge is 2.28. The van der Waals surface area contributed by atoms with Gasteiger partial charge in [-0.05, 0) is 135 Å². The minimum absolute atomic E-state index is 0. The Morgan fingerprint density at radius 2 is 1.04 bits per heavy atom. The van der Waals surface area contributed by atoms with Gasteiger partial charge in [-0.2, -0.15) is 0 Å². The number of nitrogens with two attached hydrogens (primary N) is 1. The van der Waals surface area contributed by atoms with Crippen LogP contribution in [0.15, 0.2) is 133 Å². The molecule has 0 spiro atoms. The predicted octanol–water partition coefficient (Wildman–Crippen LogP) is 13.8. The van der Waals surface area contributed by atoms with E-state index in [9.17, 15) is 10.2 Å². The highest BCUT2D eigenvalue weighted by Crippen LogP contribution is 2.37. The van der Waals surface area contributed by atoms with Gasteiger partial charge in [0.1, 0.15) is 6.10 Å². The molecule has 0 radical (unpaired) electrons. The van der Waals surface area contributed by atoms with Crippen LogP contribution in [0.4, 0.5) is 11.4 Å². The molecule has 2 aliphatic rings. The minimum Gasteiger partial charge on any atom is -0.398 e. The summed E-state index contributed by atoms with van der Waals surface area (Å²) in [6, 6.07) is 41.1. The van der Waals surface area contributed by atoms with E-state index in [4.69, 9.17) is 125 Å². The van der Waals surface area contributed by atoms with Crippen molar-refractivity contribution in [1.29, 1.82) is 0 Å². The smallest absolute Gasteiger partial charge is 0.106 e. The first-order chi connectivity index (χ1) is 36.3. The molecule has 0 aromatic heterocycles. The Morgan fingerprint density at radius 3 is 1.43 bits per heavy atom.